The van der Waals surface area contributed by atoms with Crippen LogP contribution in [0.25, 0.3) is 21.7 Å². The van der Waals surface area contributed by atoms with Crippen molar-refractivity contribution in [1.29, 1.82) is 0 Å². The molecule has 0 spiro atoms. The number of aromatic nitrogens is 1. The summed E-state index contributed by atoms with van der Waals surface area (Å²) in [4.78, 5) is 16.7. The van der Waals surface area contributed by atoms with Crippen molar-refractivity contribution >= 4 is 37.7 Å². The number of H-pyrrole nitrogens is 1. The van der Waals surface area contributed by atoms with Gasteiger partial charge >= 0.3 is 5.97 Å². The number of fused-ring (bicyclic) bond motifs is 2. The second-order valence-corrected chi connectivity index (χ2v) is 12.6. The largest absolute Gasteiger partial charge is 0.497 e. The minimum atomic E-state index is -3.16. The Morgan fingerprint density at radius 3 is 2.48 bits per heavy atom. The number of methoxy groups -OCH3 is 1. The van der Waals surface area contributed by atoms with Crippen LogP contribution in [0.1, 0.15) is 48.3 Å². The summed E-state index contributed by atoms with van der Waals surface area (Å²) in [5.74, 6) is 0.232. The summed E-state index contributed by atoms with van der Waals surface area (Å²) in [5, 5.41) is 12.3. The van der Waals surface area contributed by atoms with Crippen LogP contribution in [0.3, 0.4) is 0 Å². The van der Waals surface area contributed by atoms with E-state index in [-0.39, 0.29) is 5.75 Å². The van der Waals surface area contributed by atoms with Crippen molar-refractivity contribution in [2.75, 3.05) is 40.0 Å². The molecule has 9 heteroatoms. The van der Waals surface area contributed by atoms with Crippen LogP contribution < -0.4 is 9.46 Å². The number of carbonyl (C=O) groups is 1. The van der Waals surface area contributed by atoms with Crippen molar-refractivity contribution in [3.63, 3.8) is 0 Å². The molecular weight excluding hydrogens is 526 g/mol. The maximum Gasteiger partial charge on any atom is 0.310 e. The first-order valence-electron chi connectivity index (χ1n) is 13.6. The van der Waals surface area contributed by atoms with E-state index in [4.69, 9.17) is 9.84 Å². The van der Waals surface area contributed by atoms with Crippen LogP contribution >= 0.6 is 0 Å². The molecule has 3 N–H and O–H groups in total. The predicted molar refractivity (Wildman–Crippen MR) is 161 cm³/mol. The molecule has 40 heavy (non-hydrogen) atoms. The standard InChI is InChI=1S/C17H25N3O2S.C14H14O3/c1-18-23(21,22)10-7-13-3-4-17-15(11-13)16(12-19-17)14-5-8-20(2)9-6-14;1-9(14(15)16)10-3-4-12-8-13(17-2)6-5-11(12)7-10/h3-4,11-12,14,18-19H,5-10H2,1-2H3;3-9H,1-2H3,(H,15,16)/t;9-/m.0/s1. The van der Waals surface area contributed by atoms with Crippen LogP contribution in [-0.2, 0) is 21.2 Å². The Kier molecular flexibility index (Phi) is 9.50. The van der Waals surface area contributed by atoms with Gasteiger partial charge in [-0.05, 0) is 111 Å². The fourth-order valence-corrected chi connectivity index (χ4v) is 5.85. The summed E-state index contributed by atoms with van der Waals surface area (Å²) in [5.41, 5.74) is 4.41. The second kappa shape index (κ2) is 12.8. The van der Waals surface area contributed by atoms with Gasteiger partial charge in [-0.15, -0.1) is 0 Å². The number of carboxylic acid groups (broad SMARTS) is 1. The lowest BCUT2D eigenvalue weighted by molar-refractivity contribution is -0.138. The summed E-state index contributed by atoms with van der Waals surface area (Å²) in [6.45, 7) is 3.96. The highest BCUT2D eigenvalue weighted by atomic mass is 32.2. The number of rotatable bonds is 8. The molecule has 0 amide bonds. The first kappa shape index (κ1) is 29.6. The number of hydrogen-bond acceptors (Lipinski definition) is 5. The van der Waals surface area contributed by atoms with E-state index in [1.807, 2.05) is 42.5 Å². The number of aliphatic carboxylic acids is 1. The number of carboxylic acids is 1. The van der Waals surface area contributed by atoms with Crippen molar-refractivity contribution in [3.8, 4) is 5.75 Å². The van der Waals surface area contributed by atoms with Gasteiger partial charge in [-0.1, -0.05) is 30.3 Å². The molecular formula is C31H39N3O5S. The average Bonchev–Trinajstić information content (AvgIpc) is 3.39. The van der Waals surface area contributed by atoms with Crippen molar-refractivity contribution < 1.29 is 23.1 Å². The summed E-state index contributed by atoms with van der Waals surface area (Å²) in [6, 6.07) is 17.7. The zero-order valence-corrected chi connectivity index (χ0v) is 24.4. The third kappa shape index (κ3) is 7.21. The van der Waals surface area contributed by atoms with Gasteiger partial charge in [-0.25, -0.2) is 13.1 Å². The molecule has 1 saturated heterocycles. The molecule has 8 nitrogen and oxygen atoms in total. The summed E-state index contributed by atoms with van der Waals surface area (Å²) in [7, 11) is 2.10. The Morgan fingerprint density at radius 1 is 1.10 bits per heavy atom. The van der Waals surface area contributed by atoms with Crippen LogP contribution in [0.15, 0.2) is 60.8 Å². The molecule has 1 atom stereocenters. The number of aromatic amines is 1. The Balaban J connectivity index is 0.000000194. The van der Waals surface area contributed by atoms with E-state index in [2.05, 4.69) is 40.0 Å². The van der Waals surface area contributed by atoms with Gasteiger partial charge in [0.15, 0.2) is 0 Å². The molecule has 0 bridgehead atoms. The number of piperidine rings is 1. The van der Waals surface area contributed by atoms with Crippen molar-refractivity contribution in [1.82, 2.24) is 14.6 Å². The van der Waals surface area contributed by atoms with Crippen molar-refractivity contribution in [2.24, 2.45) is 0 Å². The van der Waals surface area contributed by atoms with Gasteiger partial charge in [0.05, 0.1) is 18.8 Å². The molecule has 0 aliphatic carbocycles. The van der Waals surface area contributed by atoms with Crippen molar-refractivity contribution in [2.45, 2.75) is 38.0 Å². The molecule has 0 radical (unpaired) electrons. The zero-order chi connectivity index (χ0) is 28.9. The van der Waals surface area contributed by atoms with Gasteiger partial charge in [-0.2, -0.15) is 0 Å². The number of sulfonamides is 1. The SMILES string of the molecule is CNS(=O)(=O)CCc1ccc2[nH]cc(C3CCN(C)CC3)c2c1.COc1ccc2cc([C@H](C)C(=O)O)ccc2c1. The predicted octanol–water partition coefficient (Wildman–Crippen LogP) is 5.11. The summed E-state index contributed by atoms with van der Waals surface area (Å²) < 4.78 is 30.7. The van der Waals surface area contributed by atoms with Gasteiger partial charge in [0.25, 0.3) is 0 Å². The monoisotopic (exact) mass is 565 g/mol. The molecule has 214 valence electrons. The summed E-state index contributed by atoms with van der Waals surface area (Å²) >= 11 is 0. The van der Waals surface area contributed by atoms with Crippen LogP contribution in [0.5, 0.6) is 5.75 Å². The van der Waals surface area contributed by atoms with Crippen molar-refractivity contribution in [3.05, 3.63) is 77.5 Å². The molecule has 5 rings (SSSR count). The number of nitrogens with one attached hydrogen (secondary N) is 2. The van der Waals surface area contributed by atoms with Gasteiger partial charge < -0.3 is 19.7 Å². The Bertz CT molecular complexity index is 1570. The number of ether oxygens (including phenoxy) is 1. The lowest BCUT2D eigenvalue weighted by Crippen LogP contribution is -2.29. The maximum absolute atomic E-state index is 11.6. The van der Waals surface area contributed by atoms with Crippen LogP contribution in [0, 0.1) is 0 Å². The van der Waals surface area contributed by atoms with Crippen LogP contribution in [0.4, 0.5) is 0 Å². The minimum Gasteiger partial charge on any atom is -0.497 e. The third-order valence-electron chi connectivity index (χ3n) is 7.85. The van der Waals surface area contributed by atoms with Crippen LogP contribution in [-0.4, -0.2) is 69.4 Å². The van der Waals surface area contributed by atoms with E-state index in [0.717, 1.165) is 46.3 Å². The number of benzene rings is 3. The van der Waals surface area contributed by atoms with E-state index in [1.165, 1.54) is 30.8 Å². The Hall–Kier alpha value is -3.40. The number of likely N-dealkylation sites (tertiary alicyclic amines) is 1. The molecule has 2 heterocycles. The molecule has 0 saturated carbocycles. The molecule has 3 aromatic carbocycles. The molecule has 1 aromatic heterocycles. The molecule has 1 aliphatic rings. The summed E-state index contributed by atoms with van der Waals surface area (Å²) in [6.07, 6.45) is 5.04. The Morgan fingerprint density at radius 2 is 1.80 bits per heavy atom. The maximum atomic E-state index is 11.6. The van der Waals surface area contributed by atoms with Gasteiger partial charge in [-0.3, -0.25) is 4.79 Å². The fraction of sp³-hybridized carbons (Fsp3) is 0.387. The van der Waals surface area contributed by atoms with E-state index in [1.54, 1.807) is 14.0 Å². The fourth-order valence-electron chi connectivity index (χ4n) is 5.14. The van der Waals surface area contributed by atoms with Gasteiger partial charge in [0.2, 0.25) is 10.0 Å². The Labute approximate surface area is 236 Å². The number of nitrogens with zero attached hydrogens (tertiary/aromatic N) is 1. The van der Waals surface area contributed by atoms with E-state index in [0.29, 0.717) is 12.3 Å². The number of aryl methyl sites for hydroxylation is 1. The lowest BCUT2D eigenvalue weighted by atomic mass is 9.89. The minimum absolute atomic E-state index is 0.128. The zero-order valence-electron chi connectivity index (χ0n) is 23.6. The first-order valence-corrected chi connectivity index (χ1v) is 15.3. The van der Waals surface area contributed by atoms with Gasteiger partial charge in [0.1, 0.15) is 5.75 Å². The highest BCUT2D eigenvalue weighted by Crippen LogP contribution is 2.33. The van der Waals surface area contributed by atoms with Crippen LogP contribution in [0.2, 0.25) is 0 Å². The molecule has 4 aromatic rings. The van der Waals surface area contributed by atoms with E-state index in [9.17, 15) is 13.2 Å². The van der Waals surface area contributed by atoms with E-state index < -0.39 is 21.9 Å². The smallest absolute Gasteiger partial charge is 0.310 e. The quantitative estimate of drug-likeness (QED) is 0.274. The normalized spacial score (nSPS) is 15.5. The highest BCUT2D eigenvalue weighted by Gasteiger charge is 2.21. The lowest BCUT2D eigenvalue weighted by Gasteiger charge is -2.28. The van der Waals surface area contributed by atoms with E-state index >= 15 is 0 Å². The average molecular weight is 566 g/mol. The third-order valence-corrected chi connectivity index (χ3v) is 9.21. The first-order chi connectivity index (χ1) is 19.1. The highest BCUT2D eigenvalue weighted by molar-refractivity contribution is 7.89. The topological polar surface area (TPSA) is 112 Å². The van der Waals surface area contributed by atoms with Gasteiger partial charge in [0, 0.05) is 17.1 Å². The molecule has 1 aliphatic heterocycles. The molecule has 1 fully saturated rings. The second-order valence-electron chi connectivity index (χ2n) is 10.5. The number of hydrogen-bond donors (Lipinski definition) is 3. The molecule has 0 unspecified atom stereocenters.